The lowest BCUT2D eigenvalue weighted by molar-refractivity contribution is 0.100. The van der Waals surface area contributed by atoms with Crippen LogP contribution in [0.5, 0.6) is 0 Å². The number of nitrogens with zero attached hydrogens (tertiary/aromatic N) is 2. The van der Waals surface area contributed by atoms with Crippen molar-refractivity contribution in [1.82, 2.24) is 9.97 Å². The van der Waals surface area contributed by atoms with Crippen LogP contribution in [0.25, 0.3) is 0 Å². The number of benzene rings is 2. The Morgan fingerprint density at radius 3 is 2.55 bits per heavy atom. The van der Waals surface area contributed by atoms with Crippen LogP contribution in [0.3, 0.4) is 0 Å². The van der Waals surface area contributed by atoms with Gasteiger partial charge in [-0.15, -0.1) is 0 Å². The minimum absolute atomic E-state index is 0.130. The maximum absolute atomic E-state index is 11.9. The number of carbonyl (C=O) groups is 1. The molecule has 0 bridgehead atoms. The Balaban J connectivity index is 1.66. The van der Waals surface area contributed by atoms with E-state index in [0.717, 1.165) is 29.7 Å². The van der Waals surface area contributed by atoms with Gasteiger partial charge in [-0.2, -0.15) is 4.98 Å². The monoisotopic (exact) mass is 388 g/mol. The summed E-state index contributed by atoms with van der Waals surface area (Å²) < 4.78 is 0. The second-order valence-electron chi connectivity index (χ2n) is 7.54. The summed E-state index contributed by atoms with van der Waals surface area (Å²) >= 11 is 0. The first-order valence-corrected chi connectivity index (χ1v) is 9.55. The molecule has 0 aliphatic heterocycles. The van der Waals surface area contributed by atoms with Crippen molar-refractivity contribution in [3.05, 3.63) is 77.5 Å². The van der Waals surface area contributed by atoms with E-state index >= 15 is 0 Å². The molecule has 1 heterocycles. The number of rotatable bonds is 7. The van der Waals surface area contributed by atoms with E-state index in [2.05, 4.69) is 20.6 Å². The summed E-state index contributed by atoms with van der Waals surface area (Å²) in [5, 5.41) is 6.54. The number of hydrogen-bond acceptors (Lipinski definition) is 6. The fraction of sp³-hybridized carbons (Fsp3) is 0.227. The third kappa shape index (κ3) is 4.20. The van der Waals surface area contributed by atoms with Crippen LogP contribution in [0.2, 0.25) is 0 Å². The molecular formula is C22H24N6O. The highest BCUT2D eigenvalue weighted by Gasteiger charge is 2.46. The van der Waals surface area contributed by atoms with Crippen molar-refractivity contribution in [2.75, 3.05) is 10.6 Å². The van der Waals surface area contributed by atoms with Gasteiger partial charge in [0, 0.05) is 17.4 Å². The van der Waals surface area contributed by atoms with Crippen molar-refractivity contribution in [1.29, 1.82) is 0 Å². The van der Waals surface area contributed by atoms with Crippen LogP contribution in [-0.4, -0.2) is 21.4 Å². The summed E-state index contributed by atoms with van der Waals surface area (Å²) in [5.41, 5.74) is 14.9. The molecule has 1 saturated carbocycles. The van der Waals surface area contributed by atoms with Crippen LogP contribution in [0.1, 0.15) is 40.4 Å². The first-order chi connectivity index (χ1) is 13.9. The molecule has 3 aromatic rings. The zero-order valence-corrected chi connectivity index (χ0v) is 16.2. The Morgan fingerprint density at radius 2 is 1.90 bits per heavy atom. The third-order valence-corrected chi connectivity index (χ3v) is 5.14. The van der Waals surface area contributed by atoms with Crippen molar-refractivity contribution in [2.45, 2.75) is 31.3 Å². The largest absolute Gasteiger partial charge is 0.365 e. The number of anilines is 3. The molecule has 1 aliphatic rings. The molecule has 1 aliphatic carbocycles. The van der Waals surface area contributed by atoms with Crippen molar-refractivity contribution in [2.24, 2.45) is 11.5 Å². The number of primary amides is 1. The number of amides is 1. The number of carbonyl (C=O) groups excluding carboxylic acids is 1. The standard InChI is InChI=1S/C22H24N6O/c1-14-6-5-9-16(12-14)26-20-17(19(23)29)13-25-21(28-20)27-18(22(24)10-11-22)15-7-3-2-4-8-15/h2-9,12-13,18H,10-11,24H2,1H3,(H2,23,29)(H2,25,26,27,28)/t18-/m1/s1. The van der Waals surface area contributed by atoms with Crippen molar-refractivity contribution in [3.63, 3.8) is 0 Å². The SMILES string of the molecule is Cc1cccc(Nc2nc(N[C@H](c3ccccc3)C3(N)CC3)ncc2C(N)=O)c1. The van der Waals surface area contributed by atoms with Crippen LogP contribution in [-0.2, 0) is 0 Å². The van der Waals surface area contributed by atoms with Gasteiger partial charge < -0.3 is 22.1 Å². The van der Waals surface area contributed by atoms with Crippen molar-refractivity contribution in [3.8, 4) is 0 Å². The molecule has 1 fully saturated rings. The van der Waals surface area contributed by atoms with Gasteiger partial charge in [-0.05, 0) is 43.0 Å². The smallest absolute Gasteiger partial charge is 0.254 e. The van der Waals surface area contributed by atoms with E-state index in [9.17, 15) is 4.79 Å². The first kappa shape index (κ1) is 18.9. The number of aryl methyl sites for hydroxylation is 1. The Hall–Kier alpha value is -3.45. The van der Waals surface area contributed by atoms with Crippen LogP contribution in [0.15, 0.2) is 60.8 Å². The molecule has 1 amide bonds. The summed E-state index contributed by atoms with van der Waals surface area (Å²) in [6.07, 6.45) is 3.29. The van der Waals surface area contributed by atoms with Gasteiger partial charge in [0.1, 0.15) is 11.4 Å². The number of nitrogens with one attached hydrogen (secondary N) is 2. The molecule has 7 nitrogen and oxygen atoms in total. The maximum Gasteiger partial charge on any atom is 0.254 e. The zero-order chi connectivity index (χ0) is 20.4. The predicted molar refractivity (Wildman–Crippen MR) is 114 cm³/mol. The van der Waals surface area contributed by atoms with Gasteiger partial charge in [-0.25, -0.2) is 4.98 Å². The number of aromatic nitrogens is 2. The highest BCUT2D eigenvalue weighted by atomic mass is 16.1. The number of nitrogens with two attached hydrogens (primary N) is 2. The fourth-order valence-electron chi connectivity index (χ4n) is 3.35. The maximum atomic E-state index is 11.9. The first-order valence-electron chi connectivity index (χ1n) is 9.55. The fourth-order valence-corrected chi connectivity index (χ4v) is 3.35. The normalized spacial score (nSPS) is 15.4. The van der Waals surface area contributed by atoms with E-state index in [1.165, 1.54) is 6.20 Å². The quantitative estimate of drug-likeness (QED) is 0.493. The average molecular weight is 388 g/mol. The Bertz CT molecular complexity index is 1030. The van der Waals surface area contributed by atoms with Crippen molar-refractivity contribution < 1.29 is 4.79 Å². The molecule has 1 aromatic heterocycles. The van der Waals surface area contributed by atoms with Crippen LogP contribution < -0.4 is 22.1 Å². The van der Waals surface area contributed by atoms with Crippen LogP contribution in [0, 0.1) is 6.92 Å². The minimum Gasteiger partial charge on any atom is -0.365 e. The van der Waals surface area contributed by atoms with Crippen molar-refractivity contribution >= 4 is 23.4 Å². The summed E-state index contributed by atoms with van der Waals surface area (Å²) in [5.74, 6) is 0.147. The lowest BCUT2D eigenvalue weighted by atomic mass is 9.98. The van der Waals surface area contributed by atoms with Gasteiger partial charge in [0.05, 0.1) is 6.04 Å². The molecule has 1 atom stereocenters. The average Bonchev–Trinajstić information content (AvgIpc) is 3.45. The van der Waals surface area contributed by atoms with E-state index < -0.39 is 5.91 Å². The van der Waals surface area contributed by atoms with Crippen LogP contribution >= 0.6 is 0 Å². The minimum atomic E-state index is -0.594. The van der Waals surface area contributed by atoms with Gasteiger partial charge in [-0.3, -0.25) is 4.79 Å². The number of hydrogen-bond donors (Lipinski definition) is 4. The van der Waals surface area contributed by atoms with E-state index in [-0.39, 0.29) is 17.1 Å². The highest BCUT2D eigenvalue weighted by Crippen LogP contribution is 2.44. The summed E-state index contributed by atoms with van der Waals surface area (Å²) in [6.45, 7) is 1.99. The van der Waals surface area contributed by atoms with Gasteiger partial charge in [0.25, 0.3) is 5.91 Å². The predicted octanol–water partition coefficient (Wildman–Crippen LogP) is 3.27. The van der Waals surface area contributed by atoms with Gasteiger partial charge >= 0.3 is 0 Å². The molecule has 0 unspecified atom stereocenters. The van der Waals surface area contributed by atoms with E-state index in [1.54, 1.807) is 0 Å². The Kier molecular flexibility index (Phi) is 4.90. The lowest BCUT2D eigenvalue weighted by Crippen LogP contribution is -2.36. The lowest BCUT2D eigenvalue weighted by Gasteiger charge is -2.25. The molecule has 6 N–H and O–H groups in total. The zero-order valence-electron chi connectivity index (χ0n) is 16.2. The van der Waals surface area contributed by atoms with E-state index in [0.29, 0.717) is 11.8 Å². The van der Waals surface area contributed by atoms with E-state index in [4.69, 9.17) is 11.5 Å². The van der Waals surface area contributed by atoms with Gasteiger partial charge in [-0.1, -0.05) is 42.5 Å². The molecule has 0 saturated heterocycles. The molecule has 2 aromatic carbocycles. The molecular weight excluding hydrogens is 364 g/mol. The molecule has 29 heavy (non-hydrogen) atoms. The van der Waals surface area contributed by atoms with E-state index in [1.807, 2.05) is 61.5 Å². The Labute approximate surface area is 169 Å². The highest BCUT2D eigenvalue weighted by molar-refractivity contribution is 5.98. The summed E-state index contributed by atoms with van der Waals surface area (Å²) in [7, 11) is 0. The second kappa shape index (κ2) is 7.52. The molecule has 0 radical (unpaired) electrons. The molecule has 148 valence electrons. The van der Waals surface area contributed by atoms with Crippen LogP contribution in [0.4, 0.5) is 17.5 Å². The third-order valence-electron chi connectivity index (χ3n) is 5.14. The summed E-state index contributed by atoms with van der Waals surface area (Å²) in [6, 6.07) is 17.7. The van der Waals surface area contributed by atoms with Gasteiger partial charge in [0.15, 0.2) is 0 Å². The van der Waals surface area contributed by atoms with Gasteiger partial charge in [0.2, 0.25) is 5.95 Å². The molecule has 4 rings (SSSR count). The molecule has 0 spiro atoms. The molecule has 7 heteroatoms. The Morgan fingerprint density at radius 1 is 1.14 bits per heavy atom. The summed E-state index contributed by atoms with van der Waals surface area (Å²) in [4.78, 5) is 20.7. The topological polar surface area (TPSA) is 119 Å². The second-order valence-corrected chi connectivity index (χ2v) is 7.54.